The molecule has 4 heteroatoms. The van der Waals surface area contributed by atoms with E-state index < -0.39 is 0 Å². The molecule has 0 fully saturated rings. The van der Waals surface area contributed by atoms with Crippen LogP contribution in [0.25, 0.3) is 0 Å². The van der Waals surface area contributed by atoms with Gasteiger partial charge in [-0.25, -0.2) is 0 Å². The maximum atomic E-state index is 10.7. The topological polar surface area (TPSA) is 55.2 Å². The normalized spacial score (nSPS) is 18.5. The number of nitrogens with one attached hydrogen (secondary N) is 1. The van der Waals surface area contributed by atoms with Crippen molar-refractivity contribution in [1.29, 1.82) is 0 Å². The fraction of sp³-hybridized carbons (Fsp3) is 0.333. The molecule has 114 valence electrons. The molecule has 1 aliphatic rings. The standard InChI is InChI=1S/C18H20N2O2/c1-13(14-7-10-18(11-8-14)20(21)22)19-17-9-6-15-4-2-3-5-16(15)12-17/h2-5,7-8,10-11,13,17,19H,6,9,12H2,1H3. The zero-order valence-electron chi connectivity index (χ0n) is 12.7. The minimum Gasteiger partial charge on any atom is -0.307 e. The molecule has 2 aromatic rings. The maximum Gasteiger partial charge on any atom is 0.269 e. The quantitative estimate of drug-likeness (QED) is 0.689. The van der Waals surface area contributed by atoms with E-state index in [9.17, 15) is 10.1 Å². The van der Waals surface area contributed by atoms with Crippen LogP contribution in [-0.2, 0) is 12.8 Å². The lowest BCUT2D eigenvalue weighted by Gasteiger charge is -2.28. The second-order valence-electron chi connectivity index (χ2n) is 5.95. The zero-order chi connectivity index (χ0) is 15.5. The van der Waals surface area contributed by atoms with Crippen LogP contribution >= 0.6 is 0 Å². The Labute approximate surface area is 130 Å². The van der Waals surface area contributed by atoms with Gasteiger partial charge in [-0.15, -0.1) is 0 Å². The van der Waals surface area contributed by atoms with Gasteiger partial charge in [-0.3, -0.25) is 10.1 Å². The molecule has 1 aliphatic carbocycles. The van der Waals surface area contributed by atoms with Gasteiger partial charge in [0.15, 0.2) is 0 Å². The molecule has 0 radical (unpaired) electrons. The maximum absolute atomic E-state index is 10.7. The minimum absolute atomic E-state index is 0.141. The van der Waals surface area contributed by atoms with E-state index in [0.717, 1.165) is 24.8 Å². The smallest absolute Gasteiger partial charge is 0.269 e. The Balaban J connectivity index is 1.65. The highest BCUT2D eigenvalue weighted by Gasteiger charge is 2.20. The van der Waals surface area contributed by atoms with Crippen LogP contribution in [0.5, 0.6) is 0 Å². The number of non-ortho nitro benzene ring substituents is 1. The summed E-state index contributed by atoms with van der Waals surface area (Å²) in [7, 11) is 0. The number of fused-ring (bicyclic) bond motifs is 1. The zero-order valence-corrected chi connectivity index (χ0v) is 12.7. The average molecular weight is 296 g/mol. The third kappa shape index (κ3) is 3.17. The molecule has 0 heterocycles. The fourth-order valence-electron chi connectivity index (χ4n) is 3.17. The summed E-state index contributed by atoms with van der Waals surface area (Å²) in [5, 5.41) is 14.4. The minimum atomic E-state index is -0.361. The van der Waals surface area contributed by atoms with E-state index >= 15 is 0 Å². The lowest BCUT2D eigenvalue weighted by atomic mass is 9.88. The van der Waals surface area contributed by atoms with Crippen LogP contribution in [-0.4, -0.2) is 11.0 Å². The first-order valence-corrected chi connectivity index (χ1v) is 7.70. The molecular weight excluding hydrogens is 276 g/mol. The summed E-state index contributed by atoms with van der Waals surface area (Å²) < 4.78 is 0. The van der Waals surface area contributed by atoms with Crippen LogP contribution in [0.2, 0.25) is 0 Å². The fourth-order valence-corrected chi connectivity index (χ4v) is 3.17. The Hall–Kier alpha value is -2.20. The Kier molecular flexibility index (Phi) is 4.20. The molecule has 3 rings (SSSR count). The predicted octanol–water partition coefficient (Wildman–Crippen LogP) is 3.80. The SMILES string of the molecule is CC(NC1CCc2ccccc2C1)c1ccc([N+](=O)[O-])cc1. The van der Waals surface area contributed by atoms with Crippen molar-refractivity contribution in [2.24, 2.45) is 0 Å². The monoisotopic (exact) mass is 296 g/mol. The van der Waals surface area contributed by atoms with Crippen molar-refractivity contribution in [2.75, 3.05) is 0 Å². The van der Waals surface area contributed by atoms with Crippen LogP contribution in [0.4, 0.5) is 5.69 Å². The van der Waals surface area contributed by atoms with Crippen LogP contribution in [0.15, 0.2) is 48.5 Å². The van der Waals surface area contributed by atoms with E-state index in [1.807, 2.05) is 12.1 Å². The van der Waals surface area contributed by atoms with Crippen molar-refractivity contribution in [3.8, 4) is 0 Å². The summed E-state index contributed by atoms with van der Waals surface area (Å²) in [4.78, 5) is 10.3. The van der Waals surface area contributed by atoms with Gasteiger partial charge < -0.3 is 5.32 Å². The van der Waals surface area contributed by atoms with E-state index in [2.05, 4.69) is 36.5 Å². The molecule has 0 aliphatic heterocycles. The lowest BCUT2D eigenvalue weighted by molar-refractivity contribution is -0.384. The number of benzene rings is 2. The molecule has 0 saturated heterocycles. The van der Waals surface area contributed by atoms with Gasteiger partial charge in [0.25, 0.3) is 5.69 Å². The summed E-state index contributed by atoms with van der Waals surface area (Å²) in [5.41, 5.74) is 4.12. The van der Waals surface area contributed by atoms with Gasteiger partial charge in [0.05, 0.1) is 4.92 Å². The van der Waals surface area contributed by atoms with Crippen LogP contribution < -0.4 is 5.32 Å². The van der Waals surface area contributed by atoms with E-state index in [-0.39, 0.29) is 16.7 Å². The van der Waals surface area contributed by atoms with Crippen molar-refractivity contribution >= 4 is 5.69 Å². The first-order valence-electron chi connectivity index (χ1n) is 7.70. The number of rotatable bonds is 4. The highest BCUT2D eigenvalue weighted by atomic mass is 16.6. The second-order valence-corrected chi connectivity index (χ2v) is 5.95. The molecule has 1 N–H and O–H groups in total. The van der Waals surface area contributed by atoms with Gasteiger partial charge >= 0.3 is 0 Å². The lowest BCUT2D eigenvalue weighted by Crippen LogP contribution is -2.36. The van der Waals surface area contributed by atoms with Gasteiger partial charge in [0.1, 0.15) is 0 Å². The number of nitrogens with zero attached hydrogens (tertiary/aromatic N) is 1. The van der Waals surface area contributed by atoms with Crippen molar-refractivity contribution in [2.45, 2.75) is 38.3 Å². The molecule has 0 spiro atoms. The third-order valence-corrected chi connectivity index (χ3v) is 4.44. The van der Waals surface area contributed by atoms with Crippen LogP contribution in [0.1, 0.15) is 36.1 Å². The molecule has 4 nitrogen and oxygen atoms in total. The highest BCUT2D eigenvalue weighted by Crippen LogP contribution is 2.24. The molecular formula is C18H20N2O2. The average Bonchev–Trinajstić information content (AvgIpc) is 2.55. The van der Waals surface area contributed by atoms with Gasteiger partial charge in [0, 0.05) is 24.2 Å². The van der Waals surface area contributed by atoms with Gasteiger partial charge in [-0.05, 0) is 42.9 Å². The van der Waals surface area contributed by atoms with Crippen LogP contribution in [0, 0.1) is 10.1 Å². The van der Waals surface area contributed by atoms with Gasteiger partial charge in [-0.2, -0.15) is 0 Å². The van der Waals surface area contributed by atoms with E-state index in [4.69, 9.17) is 0 Å². The van der Waals surface area contributed by atoms with Gasteiger partial charge in [0.2, 0.25) is 0 Å². The summed E-state index contributed by atoms with van der Waals surface area (Å²) in [5.74, 6) is 0. The largest absolute Gasteiger partial charge is 0.307 e. The summed E-state index contributed by atoms with van der Waals surface area (Å²) in [6.45, 7) is 2.11. The third-order valence-electron chi connectivity index (χ3n) is 4.44. The summed E-state index contributed by atoms with van der Waals surface area (Å²) in [6.07, 6.45) is 3.29. The molecule has 22 heavy (non-hydrogen) atoms. The van der Waals surface area contributed by atoms with Crippen LogP contribution in [0.3, 0.4) is 0 Å². The Morgan fingerprint density at radius 1 is 1.14 bits per heavy atom. The molecule has 0 saturated carbocycles. The Bertz CT molecular complexity index is 667. The Morgan fingerprint density at radius 3 is 2.50 bits per heavy atom. The number of nitro benzene ring substituents is 1. The predicted molar refractivity (Wildman–Crippen MR) is 86.9 cm³/mol. The molecule has 0 aromatic heterocycles. The molecule has 0 bridgehead atoms. The number of hydrogen-bond acceptors (Lipinski definition) is 3. The summed E-state index contributed by atoms with van der Waals surface area (Å²) >= 11 is 0. The second kappa shape index (κ2) is 6.28. The first kappa shape index (κ1) is 14.7. The first-order chi connectivity index (χ1) is 10.6. The van der Waals surface area contributed by atoms with Crippen molar-refractivity contribution < 1.29 is 4.92 Å². The van der Waals surface area contributed by atoms with Crippen molar-refractivity contribution in [3.05, 3.63) is 75.3 Å². The number of hydrogen-bond donors (Lipinski definition) is 1. The highest BCUT2D eigenvalue weighted by molar-refractivity contribution is 5.34. The molecule has 2 aromatic carbocycles. The number of aryl methyl sites for hydroxylation is 1. The van der Waals surface area contributed by atoms with Gasteiger partial charge in [-0.1, -0.05) is 36.4 Å². The van der Waals surface area contributed by atoms with E-state index in [0.29, 0.717) is 6.04 Å². The summed E-state index contributed by atoms with van der Waals surface area (Å²) in [6, 6.07) is 16.1. The van der Waals surface area contributed by atoms with Crippen molar-refractivity contribution in [3.63, 3.8) is 0 Å². The molecule has 0 amide bonds. The van der Waals surface area contributed by atoms with E-state index in [1.165, 1.54) is 11.1 Å². The molecule has 2 atom stereocenters. The van der Waals surface area contributed by atoms with Crippen molar-refractivity contribution in [1.82, 2.24) is 5.32 Å². The van der Waals surface area contributed by atoms with E-state index in [1.54, 1.807) is 12.1 Å². The molecule has 2 unspecified atom stereocenters. The Morgan fingerprint density at radius 2 is 1.82 bits per heavy atom. The number of nitro groups is 1.